The Balaban J connectivity index is 2.30. The fraction of sp³-hybridized carbons (Fsp3) is 0.467. The van der Waals surface area contributed by atoms with E-state index in [-0.39, 0.29) is 0 Å². The first kappa shape index (κ1) is 10.5. The van der Waals surface area contributed by atoms with E-state index < -0.39 is 0 Å². The molecule has 0 amide bonds. The molecule has 0 heterocycles. The number of hydrogen-bond donors (Lipinski definition) is 0. The van der Waals surface area contributed by atoms with Crippen LogP contribution in [0.5, 0.6) is 0 Å². The van der Waals surface area contributed by atoms with E-state index in [9.17, 15) is 0 Å². The third-order valence-corrected chi connectivity index (χ3v) is 2.90. The zero-order chi connectivity index (χ0) is 11.1. The van der Waals surface area contributed by atoms with E-state index in [1.807, 2.05) is 0 Å². The van der Waals surface area contributed by atoms with Gasteiger partial charge in [0, 0.05) is 0 Å². The molecule has 0 saturated heterocycles. The molecule has 1 aliphatic carbocycles. The minimum absolute atomic E-state index is 0.386. The highest BCUT2D eigenvalue weighted by molar-refractivity contribution is 5.73. The van der Waals surface area contributed by atoms with Crippen LogP contribution in [0.1, 0.15) is 43.9 Å². The molecule has 1 aliphatic rings. The first-order valence-corrected chi connectivity index (χ1v) is 5.75. The summed E-state index contributed by atoms with van der Waals surface area (Å²) in [6.45, 7) is 9.10. The maximum Gasteiger partial charge on any atom is -0.00854 e. The summed E-state index contributed by atoms with van der Waals surface area (Å²) in [6, 6.07) is 6.82. The summed E-state index contributed by atoms with van der Waals surface area (Å²) in [5.74, 6) is 0. The first-order valence-electron chi connectivity index (χ1n) is 5.75. The lowest BCUT2D eigenvalue weighted by atomic mass is 9.86. The van der Waals surface area contributed by atoms with Crippen molar-refractivity contribution in [2.24, 2.45) is 5.41 Å². The van der Waals surface area contributed by atoms with E-state index in [1.54, 1.807) is 5.57 Å². The number of aryl methyl sites for hydroxylation is 1. The van der Waals surface area contributed by atoms with Crippen LogP contribution in [0.2, 0.25) is 0 Å². The lowest BCUT2D eigenvalue weighted by Crippen LogP contribution is -2.05. The molecule has 0 nitrogen and oxygen atoms in total. The molecule has 0 unspecified atom stereocenters. The third kappa shape index (κ3) is 2.31. The van der Waals surface area contributed by atoms with Crippen LogP contribution in [0.4, 0.5) is 0 Å². The van der Waals surface area contributed by atoms with E-state index in [2.05, 4.69) is 52.0 Å². The van der Waals surface area contributed by atoms with Crippen LogP contribution in [0, 0.1) is 12.3 Å². The van der Waals surface area contributed by atoms with Crippen LogP contribution in [0.3, 0.4) is 0 Å². The Morgan fingerprint density at radius 2 is 1.93 bits per heavy atom. The minimum Gasteiger partial charge on any atom is -0.0763 e. The van der Waals surface area contributed by atoms with Gasteiger partial charge in [0.05, 0.1) is 0 Å². The van der Waals surface area contributed by atoms with Gasteiger partial charge in [0.15, 0.2) is 0 Å². The summed E-state index contributed by atoms with van der Waals surface area (Å²) in [4.78, 5) is 0. The summed E-state index contributed by atoms with van der Waals surface area (Å²) in [5.41, 5.74) is 6.29. The highest BCUT2D eigenvalue weighted by Gasteiger charge is 2.19. The summed E-state index contributed by atoms with van der Waals surface area (Å²) in [5, 5.41) is 0. The molecule has 0 saturated carbocycles. The van der Waals surface area contributed by atoms with Gasteiger partial charge >= 0.3 is 0 Å². The number of allylic oxidation sites excluding steroid dienone is 2. The molecule has 0 aromatic heterocycles. The van der Waals surface area contributed by atoms with Crippen molar-refractivity contribution in [2.75, 3.05) is 0 Å². The van der Waals surface area contributed by atoms with E-state index in [0.29, 0.717) is 5.41 Å². The molecule has 1 aromatic rings. The molecule has 1 aromatic carbocycles. The van der Waals surface area contributed by atoms with Gasteiger partial charge in [-0.3, -0.25) is 0 Å². The van der Waals surface area contributed by atoms with Crippen LogP contribution >= 0.6 is 0 Å². The summed E-state index contributed by atoms with van der Waals surface area (Å²) < 4.78 is 0. The minimum atomic E-state index is 0.386. The summed E-state index contributed by atoms with van der Waals surface area (Å²) in [6.07, 6.45) is 4.71. The molecular formula is C15H20. The van der Waals surface area contributed by atoms with Gasteiger partial charge in [-0.2, -0.15) is 0 Å². The van der Waals surface area contributed by atoms with Gasteiger partial charge in [0.25, 0.3) is 0 Å². The molecule has 0 atom stereocenters. The van der Waals surface area contributed by atoms with Gasteiger partial charge in [0.2, 0.25) is 0 Å². The first-order chi connectivity index (χ1) is 6.96. The second-order valence-corrected chi connectivity index (χ2v) is 5.83. The molecule has 0 heteroatoms. The van der Waals surface area contributed by atoms with Crippen LogP contribution in [0.15, 0.2) is 24.3 Å². The highest BCUT2D eigenvalue weighted by Crippen LogP contribution is 2.36. The molecule has 0 radical (unpaired) electrons. The monoisotopic (exact) mass is 200 g/mol. The Labute approximate surface area is 93.0 Å². The van der Waals surface area contributed by atoms with Crippen LogP contribution < -0.4 is 0 Å². The van der Waals surface area contributed by atoms with Crippen molar-refractivity contribution in [3.05, 3.63) is 41.0 Å². The number of hydrogen-bond acceptors (Lipinski definition) is 0. The predicted octanol–water partition coefficient (Wildman–Crippen LogP) is 4.37. The molecule has 80 valence electrons. The Morgan fingerprint density at radius 1 is 1.20 bits per heavy atom. The SMILES string of the molecule is Cc1ccc2c(c1)C(CC(C)(C)C)=CC2. The molecule has 0 bridgehead atoms. The van der Waals surface area contributed by atoms with Gasteiger partial charge in [0.1, 0.15) is 0 Å². The fourth-order valence-electron chi connectivity index (χ4n) is 2.25. The largest absolute Gasteiger partial charge is 0.0763 e. The van der Waals surface area contributed by atoms with Crippen molar-refractivity contribution < 1.29 is 0 Å². The van der Waals surface area contributed by atoms with Crippen molar-refractivity contribution >= 4 is 5.57 Å². The Kier molecular flexibility index (Phi) is 2.46. The predicted molar refractivity (Wildman–Crippen MR) is 66.9 cm³/mol. The van der Waals surface area contributed by atoms with Gasteiger partial charge in [-0.25, -0.2) is 0 Å². The van der Waals surface area contributed by atoms with Crippen molar-refractivity contribution in [1.82, 2.24) is 0 Å². The number of fused-ring (bicyclic) bond motifs is 1. The summed E-state index contributed by atoms with van der Waals surface area (Å²) >= 11 is 0. The lowest BCUT2D eigenvalue weighted by Gasteiger charge is -2.19. The van der Waals surface area contributed by atoms with Gasteiger partial charge in [-0.05, 0) is 41.9 Å². The maximum absolute atomic E-state index is 2.40. The van der Waals surface area contributed by atoms with Gasteiger partial charge in [-0.15, -0.1) is 0 Å². The van der Waals surface area contributed by atoms with Crippen molar-refractivity contribution in [3.63, 3.8) is 0 Å². The van der Waals surface area contributed by atoms with E-state index in [1.165, 1.54) is 23.1 Å². The standard InChI is InChI=1S/C15H20/c1-11-5-6-12-7-8-13(14(12)9-11)10-15(2,3)4/h5-6,8-9H,7,10H2,1-4H3. The van der Waals surface area contributed by atoms with E-state index in [4.69, 9.17) is 0 Å². The van der Waals surface area contributed by atoms with E-state index in [0.717, 1.165) is 6.42 Å². The second-order valence-electron chi connectivity index (χ2n) is 5.83. The molecule has 0 aliphatic heterocycles. The topological polar surface area (TPSA) is 0 Å². The molecule has 15 heavy (non-hydrogen) atoms. The smallest absolute Gasteiger partial charge is 0.00854 e. The Bertz CT molecular complexity index is 403. The van der Waals surface area contributed by atoms with Crippen LogP contribution in [0.25, 0.3) is 5.57 Å². The summed E-state index contributed by atoms with van der Waals surface area (Å²) in [7, 11) is 0. The average Bonchev–Trinajstić information content (AvgIpc) is 2.46. The quantitative estimate of drug-likeness (QED) is 0.631. The Hall–Kier alpha value is -1.04. The van der Waals surface area contributed by atoms with Gasteiger partial charge < -0.3 is 0 Å². The average molecular weight is 200 g/mol. The van der Waals surface area contributed by atoms with Crippen LogP contribution in [-0.2, 0) is 6.42 Å². The second kappa shape index (κ2) is 3.52. The third-order valence-electron chi connectivity index (χ3n) is 2.90. The lowest BCUT2D eigenvalue weighted by molar-refractivity contribution is 0.427. The van der Waals surface area contributed by atoms with E-state index >= 15 is 0 Å². The normalized spacial score (nSPS) is 15.1. The van der Waals surface area contributed by atoms with Crippen molar-refractivity contribution in [2.45, 2.75) is 40.5 Å². The zero-order valence-electron chi connectivity index (χ0n) is 10.2. The molecule has 0 N–H and O–H groups in total. The number of rotatable bonds is 1. The van der Waals surface area contributed by atoms with Crippen LogP contribution in [-0.4, -0.2) is 0 Å². The molecule has 0 fully saturated rings. The Morgan fingerprint density at radius 3 is 2.60 bits per heavy atom. The van der Waals surface area contributed by atoms with Gasteiger partial charge in [-0.1, -0.05) is 50.6 Å². The highest BCUT2D eigenvalue weighted by atomic mass is 14.2. The molecule has 0 spiro atoms. The molecular weight excluding hydrogens is 180 g/mol. The van der Waals surface area contributed by atoms with Crippen molar-refractivity contribution in [1.29, 1.82) is 0 Å². The zero-order valence-corrected chi connectivity index (χ0v) is 10.2. The molecule has 2 rings (SSSR count). The number of benzene rings is 1. The fourth-order valence-corrected chi connectivity index (χ4v) is 2.25. The van der Waals surface area contributed by atoms with Crippen molar-refractivity contribution in [3.8, 4) is 0 Å². The maximum atomic E-state index is 2.40.